The van der Waals surface area contributed by atoms with Gasteiger partial charge < -0.3 is 5.32 Å². The molecule has 2 rings (SSSR count). The lowest BCUT2D eigenvalue weighted by Crippen LogP contribution is -2.08. The topological polar surface area (TPSA) is 12.0 Å². The van der Waals surface area contributed by atoms with E-state index in [1.807, 2.05) is 0 Å². The van der Waals surface area contributed by atoms with Crippen molar-refractivity contribution in [1.82, 2.24) is 0 Å². The first-order valence-electron chi connectivity index (χ1n) is 4.43. The van der Waals surface area contributed by atoms with Crippen LogP contribution in [0.2, 0.25) is 0 Å². The van der Waals surface area contributed by atoms with Crippen molar-refractivity contribution < 1.29 is 13.2 Å². The fourth-order valence-corrected chi connectivity index (χ4v) is 1.85. The van der Waals surface area contributed by atoms with Gasteiger partial charge in [0.2, 0.25) is 0 Å². The van der Waals surface area contributed by atoms with Crippen LogP contribution in [-0.2, 0) is 12.6 Å². The number of hydrogen-bond donors (Lipinski definition) is 1. The fourth-order valence-electron chi connectivity index (χ4n) is 1.85. The van der Waals surface area contributed by atoms with Crippen LogP contribution in [0.15, 0.2) is 12.1 Å². The smallest absolute Gasteiger partial charge is 0.384 e. The molecular weight excluding hydrogens is 191 g/mol. The van der Waals surface area contributed by atoms with E-state index in [1.54, 1.807) is 6.07 Å². The second-order valence-electron chi connectivity index (χ2n) is 3.45. The number of hydrogen-bond acceptors (Lipinski definition) is 1. The van der Waals surface area contributed by atoms with Gasteiger partial charge >= 0.3 is 6.18 Å². The number of benzene rings is 1. The zero-order valence-corrected chi connectivity index (χ0v) is 7.70. The standard InChI is InChI=1S/C10H10F3N/c1-6-8(10(11,12)13)3-2-7-4-5-14-9(6)7/h2-3,14H,4-5H2,1H3. The first-order valence-corrected chi connectivity index (χ1v) is 4.43. The van der Waals surface area contributed by atoms with E-state index in [2.05, 4.69) is 5.32 Å². The molecule has 0 aliphatic carbocycles. The largest absolute Gasteiger partial charge is 0.416 e. The third-order valence-corrected chi connectivity index (χ3v) is 2.55. The molecule has 0 atom stereocenters. The van der Waals surface area contributed by atoms with Gasteiger partial charge in [-0.05, 0) is 30.5 Å². The average Bonchev–Trinajstić information content (AvgIpc) is 2.50. The summed E-state index contributed by atoms with van der Waals surface area (Å²) in [4.78, 5) is 0. The van der Waals surface area contributed by atoms with Gasteiger partial charge in [-0.2, -0.15) is 13.2 Å². The molecule has 0 spiro atoms. The summed E-state index contributed by atoms with van der Waals surface area (Å²) in [6, 6.07) is 2.73. The minimum Gasteiger partial charge on any atom is -0.384 e. The minimum absolute atomic E-state index is 0.313. The van der Waals surface area contributed by atoms with Crippen molar-refractivity contribution in [2.75, 3.05) is 11.9 Å². The lowest BCUT2D eigenvalue weighted by molar-refractivity contribution is -0.138. The maximum Gasteiger partial charge on any atom is 0.416 e. The predicted molar refractivity (Wildman–Crippen MR) is 48.4 cm³/mol. The molecule has 0 saturated carbocycles. The molecule has 0 aromatic heterocycles. The highest BCUT2D eigenvalue weighted by molar-refractivity contribution is 5.63. The molecule has 76 valence electrons. The molecule has 1 aromatic carbocycles. The zero-order chi connectivity index (χ0) is 10.3. The number of alkyl halides is 3. The highest BCUT2D eigenvalue weighted by Crippen LogP contribution is 2.37. The predicted octanol–water partition coefficient (Wildman–Crippen LogP) is 2.98. The summed E-state index contributed by atoms with van der Waals surface area (Å²) in [5.74, 6) is 0. The zero-order valence-electron chi connectivity index (χ0n) is 7.70. The van der Waals surface area contributed by atoms with Crippen LogP contribution in [0.25, 0.3) is 0 Å². The van der Waals surface area contributed by atoms with Gasteiger partial charge in [-0.25, -0.2) is 0 Å². The monoisotopic (exact) mass is 201 g/mol. The fraction of sp³-hybridized carbons (Fsp3) is 0.400. The molecule has 1 aliphatic heterocycles. The van der Waals surface area contributed by atoms with Crippen LogP contribution in [0.4, 0.5) is 18.9 Å². The van der Waals surface area contributed by atoms with Crippen LogP contribution < -0.4 is 5.32 Å². The Hall–Kier alpha value is -1.19. The summed E-state index contributed by atoms with van der Waals surface area (Å²) in [7, 11) is 0. The van der Waals surface area contributed by atoms with Crippen molar-refractivity contribution in [3.05, 3.63) is 28.8 Å². The Kier molecular flexibility index (Phi) is 1.94. The molecule has 1 aromatic rings. The van der Waals surface area contributed by atoms with Crippen LogP contribution in [0.3, 0.4) is 0 Å². The molecule has 0 radical (unpaired) electrons. The molecule has 1 N–H and O–H groups in total. The molecule has 0 unspecified atom stereocenters. The van der Waals surface area contributed by atoms with E-state index in [4.69, 9.17) is 0 Å². The van der Waals surface area contributed by atoms with Crippen LogP contribution in [0.1, 0.15) is 16.7 Å². The Morgan fingerprint density at radius 2 is 2.00 bits per heavy atom. The van der Waals surface area contributed by atoms with Gasteiger partial charge in [-0.3, -0.25) is 0 Å². The van der Waals surface area contributed by atoms with Crippen LogP contribution in [0.5, 0.6) is 0 Å². The first kappa shape index (κ1) is 9.37. The summed E-state index contributed by atoms with van der Waals surface area (Å²) in [6.07, 6.45) is -3.43. The van der Waals surface area contributed by atoms with Gasteiger partial charge in [-0.15, -0.1) is 0 Å². The number of halogens is 3. The summed E-state index contributed by atoms with van der Waals surface area (Å²) in [5.41, 5.74) is 1.42. The molecule has 0 bridgehead atoms. The Balaban J connectivity index is 2.56. The highest BCUT2D eigenvalue weighted by atomic mass is 19.4. The Morgan fingerprint density at radius 3 is 2.64 bits per heavy atom. The summed E-state index contributed by atoms with van der Waals surface area (Å²) < 4.78 is 37.5. The van der Waals surface area contributed by atoms with Crippen LogP contribution >= 0.6 is 0 Å². The molecule has 1 nitrogen and oxygen atoms in total. The minimum atomic E-state index is -4.25. The van der Waals surface area contributed by atoms with Gasteiger partial charge in [0.15, 0.2) is 0 Å². The van der Waals surface area contributed by atoms with E-state index in [9.17, 15) is 13.2 Å². The number of rotatable bonds is 0. The van der Waals surface area contributed by atoms with Gasteiger partial charge in [0.25, 0.3) is 0 Å². The second kappa shape index (κ2) is 2.90. The van der Waals surface area contributed by atoms with Crippen molar-refractivity contribution in [3.8, 4) is 0 Å². The first-order chi connectivity index (χ1) is 6.50. The van der Waals surface area contributed by atoms with E-state index in [1.165, 1.54) is 13.0 Å². The third kappa shape index (κ3) is 1.35. The van der Waals surface area contributed by atoms with Crippen molar-refractivity contribution in [1.29, 1.82) is 0 Å². The van der Waals surface area contributed by atoms with E-state index in [0.29, 0.717) is 11.3 Å². The summed E-state index contributed by atoms with van der Waals surface area (Å²) in [5, 5.41) is 2.98. The maximum atomic E-state index is 12.5. The molecule has 0 fully saturated rings. The van der Waals surface area contributed by atoms with Gasteiger partial charge in [0.05, 0.1) is 5.56 Å². The Labute approximate surface area is 79.9 Å². The van der Waals surface area contributed by atoms with Crippen molar-refractivity contribution in [2.24, 2.45) is 0 Å². The molecule has 1 heterocycles. The van der Waals surface area contributed by atoms with Gasteiger partial charge in [0.1, 0.15) is 0 Å². The quantitative estimate of drug-likeness (QED) is 0.680. The molecule has 0 amide bonds. The number of anilines is 1. The average molecular weight is 201 g/mol. The summed E-state index contributed by atoms with van der Waals surface area (Å²) in [6.45, 7) is 2.25. The van der Waals surface area contributed by atoms with Crippen molar-refractivity contribution in [3.63, 3.8) is 0 Å². The van der Waals surface area contributed by atoms with Crippen LogP contribution in [0, 0.1) is 6.92 Å². The molecule has 1 aliphatic rings. The van der Waals surface area contributed by atoms with Crippen LogP contribution in [-0.4, -0.2) is 6.54 Å². The maximum absolute atomic E-state index is 12.5. The summed E-state index contributed by atoms with van der Waals surface area (Å²) >= 11 is 0. The van der Waals surface area contributed by atoms with E-state index in [0.717, 1.165) is 18.5 Å². The highest BCUT2D eigenvalue weighted by Gasteiger charge is 2.34. The van der Waals surface area contributed by atoms with E-state index >= 15 is 0 Å². The Bertz CT molecular complexity index is 368. The molecule has 0 saturated heterocycles. The number of nitrogens with one attached hydrogen (secondary N) is 1. The molecular formula is C10H10F3N. The van der Waals surface area contributed by atoms with Crippen molar-refractivity contribution in [2.45, 2.75) is 19.5 Å². The van der Waals surface area contributed by atoms with Gasteiger partial charge in [0, 0.05) is 12.2 Å². The third-order valence-electron chi connectivity index (χ3n) is 2.55. The number of fused-ring (bicyclic) bond motifs is 1. The van der Waals surface area contributed by atoms with Gasteiger partial charge in [-0.1, -0.05) is 6.07 Å². The van der Waals surface area contributed by atoms with Crippen molar-refractivity contribution >= 4 is 5.69 Å². The van der Waals surface area contributed by atoms with E-state index in [-0.39, 0.29) is 0 Å². The second-order valence-corrected chi connectivity index (χ2v) is 3.45. The Morgan fingerprint density at radius 1 is 1.29 bits per heavy atom. The van der Waals surface area contributed by atoms with E-state index < -0.39 is 11.7 Å². The lowest BCUT2D eigenvalue weighted by Gasteiger charge is -2.13. The normalized spacial score (nSPS) is 15.1. The lowest BCUT2D eigenvalue weighted by atomic mass is 10.0. The SMILES string of the molecule is Cc1c(C(F)(F)F)ccc2c1NCC2. The molecule has 4 heteroatoms. The molecule has 14 heavy (non-hydrogen) atoms.